The Hall–Kier alpha value is -1.86. The molecule has 0 aliphatic rings. The number of hydrogen-bond acceptors (Lipinski definition) is 4. The standard InChI is InChI=1S/C12H18N4O3/c1-8-7-10(15(13-8)3-5-17)11-9(2)14-16(4-6-18)12(11)19/h7,14,17-18H,3-6H2,1-2H3. The molecule has 2 aromatic rings. The molecular formula is C12H18N4O3. The average molecular weight is 266 g/mol. The van der Waals surface area contributed by atoms with Gasteiger partial charge in [0.15, 0.2) is 0 Å². The first kappa shape index (κ1) is 13.6. The third-order valence-corrected chi connectivity index (χ3v) is 2.93. The Morgan fingerprint density at radius 3 is 2.58 bits per heavy atom. The van der Waals surface area contributed by atoms with Gasteiger partial charge in [0.25, 0.3) is 5.56 Å². The van der Waals surface area contributed by atoms with Crippen LogP contribution in [0.15, 0.2) is 10.9 Å². The van der Waals surface area contributed by atoms with Crippen LogP contribution in [0.4, 0.5) is 0 Å². The summed E-state index contributed by atoms with van der Waals surface area (Å²) in [6.45, 7) is 4.07. The van der Waals surface area contributed by atoms with E-state index in [1.807, 2.05) is 13.0 Å². The maximum absolute atomic E-state index is 12.3. The molecule has 0 amide bonds. The van der Waals surface area contributed by atoms with Crippen LogP contribution in [0.2, 0.25) is 0 Å². The molecule has 2 heterocycles. The van der Waals surface area contributed by atoms with Crippen molar-refractivity contribution in [2.45, 2.75) is 26.9 Å². The third kappa shape index (κ3) is 2.47. The molecule has 7 nitrogen and oxygen atoms in total. The van der Waals surface area contributed by atoms with Gasteiger partial charge < -0.3 is 10.2 Å². The zero-order chi connectivity index (χ0) is 14.0. The van der Waals surface area contributed by atoms with E-state index in [0.717, 1.165) is 11.4 Å². The lowest BCUT2D eigenvalue weighted by molar-refractivity contribution is 0.267. The Balaban J connectivity index is 2.55. The molecule has 0 bridgehead atoms. The van der Waals surface area contributed by atoms with E-state index in [4.69, 9.17) is 10.2 Å². The van der Waals surface area contributed by atoms with Gasteiger partial charge in [-0.3, -0.25) is 19.3 Å². The Morgan fingerprint density at radius 2 is 1.95 bits per heavy atom. The number of aliphatic hydroxyl groups excluding tert-OH is 2. The first-order valence-corrected chi connectivity index (χ1v) is 6.14. The number of aromatic nitrogens is 4. The Labute approximate surface area is 110 Å². The van der Waals surface area contributed by atoms with Gasteiger partial charge in [-0.1, -0.05) is 0 Å². The quantitative estimate of drug-likeness (QED) is 0.688. The summed E-state index contributed by atoms with van der Waals surface area (Å²) in [5.74, 6) is 0. The molecule has 104 valence electrons. The summed E-state index contributed by atoms with van der Waals surface area (Å²) < 4.78 is 2.99. The van der Waals surface area contributed by atoms with E-state index in [1.165, 1.54) is 4.68 Å². The second-order valence-electron chi connectivity index (χ2n) is 4.41. The first-order valence-electron chi connectivity index (χ1n) is 6.14. The smallest absolute Gasteiger partial charge is 0.276 e. The van der Waals surface area contributed by atoms with Crippen molar-refractivity contribution in [3.8, 4) is 11.3 Å². The van der Waals surface area contributed by atoms with Gasteiger partial charge in [-0.05, 0) is 19.9 Å². The normalized spacial score (nSPS) is 11.2. The van der Waals surface area contributed by atoms with Crippen LogP contribution in [-0.2, 0) is 13.1 Å². The summed E-state index contributed by atoms with van der Waals surface area (Å²) in [6.07, 6.45) is 0. The predicted molar refractivity (Wildman–Crippen MR) is 69.9 cm³/mol. The van der Waals surface area contributed by atoms with Gasteiger partial charge >= 0.3 is 0 Å². The largest absolute Gasteiger partial charge is 0.394 e. The highest BCUT2D eigenvalue weighted by atomic mass is 16.3. The number of nitrogens with zero attached hydrogens (tertiary/aromatic N) is 3. The summed E-state index contributed by atoms with van der Waals surface area (Å²) in [5, 5.41) is 25.2. The van der Waals surface area contributed by atoms with Crippen molar-refractivity contribution in [1.29, 1.82) is 0 Å². The predicted octanol–water partition coefficient (Wildman–Crippen LogP) is -0.359. The Bertz CT molecular complexity index is 623. The summed E-state index contributed by atoms with van der Waals surface area (Å²) >= 11 is 0. The van der Waals surface area contributed by atoms with E-state index >= 15 is 0 Å². The molecule has 0 unspecified atom stereocenters. The van der Waals surface area contributed by atoms with Crippen LogP contribution in [0, 0.1) is 13.8 Å². The van der Waals surface area contributed by atoms with Crippen molar-refractivity contribution in [2.24, 2.45) is 0 Å². The zero-order valence-electron chi connectivity index (χ0n) is 11.1. The highest BCUT2D eigenvalue weighted by Gasteiger charge is 2.17. The molecule has 0 spiro atoms. The lowest BCUT2D eigenvalue weighted by Gasteiger charge is -2.03. The van der Waals surface area contributed by atoms with E-state index in [2.05, 4.69) is 10.2 Å². The maximum Gasteiger partial charge on any atom is 0.276 e. The van der Waals surface area contributed by atoms with Gasteiger partial charge in [0, 0.05) is 5.69 Å². The van der Waals surface area contributed by atoms with Gasteiger partial charge in [-0.25, -0.2) is 0 Å². The molecule has 19 heavy (non-hydrogen) atoms. The highest BCUT2D eigenvalue weighted by molar-refractivity contribution is 5.61. The molecular weight excluding hydrogens is 248 g/mol. The highest BCUT2D eigenvalue weighted by Crippen LogP contribution is 2.19. The molecule has 0 radical (unpaired) electrons. The number of nitrogens with one attached hydrogen (secondary N) is 1. The van der Waals surface area contributed by atoms with Crippen molar-refractivity contribution in [3.63, 3.8) is 0 Å². The van der Waals surface area contributed by atoms with E-state index in [0.29, 0.717) is 17.8 Å². The van der Waals surface area contributed by atoms with Crippen LogP contribution in [0.25, 0.3) is 11.3 Å². The number of hydrogen-bond donors (Lipinski definition) is 3. The second-order valence-corrected chi connectivity index (χ2v) is 4.41. The molecule has 0 aliphatic heterocycles. The summed E-state index contributed by atoms with van der Waals surface area (Å²) in [6, 6.07) is 1.82. The lowest BCUT2D eigenvalue weighted by Crippen LogP contribution is -2.20. The number of aryl methyl sites for hydroxylation is 2. The lowest BCUT2D eigenvalue weighted by atomic mass is 10.2. The van der Waals surface area contributed by atoms with Crippen LogP contribution >= 0.6 is 0 Å². The fourth-order valence-corrected chi connectivity index (χ4v) is 2.18. The van der Waals surface area contributed by atoms with Crippen LogP contribution < -0.4 is 5.56 Å². The molecule has 0 saturated heterocycles. The molecule has 2 aromatic heterocycles. The SMILES string of the molecule is Cc1cc(-c2c(C)[nH]n(CCO)c2=O)n(CCO)n1. The average Bonchev–Trinajstić information content (AvgIpc) is 2.82. The Kier molecular flexibility index (Phi) is 3.87. The minimum absolute atomic E-state index is 0.0393. The van der Waals surface area contributed by atoms with Gasteiger partial charge in [-0.15, -0.1) is 0 Å². The van der Waals surface area contributed by atoms with Crippen molar-refractivity contribution in [3.05, 3.63) is 27.8 Å². The molecule has 0 atom stereocenters. The summed E-state index contributed by atoms with van der Waals surface area (Å²) in [4.78, 5) is 12.3. The molecule has 7 heteroatoms. The molecule has 0 saturated carbocycles. The number of rotatable bonds is 5. The van der Waals surface area contributed by atoms with Crippen molar-refractivity contribution in [2.75, 3.05) is 13.2 Å². The summed E-state index contributed by atoms with van der Waals surface area (Å²) in [7, 11) is 0. The van der Waals surface area contributed by atoms with E-state index < -0.39 is 0 Å². The van der Waals surface area contributed by atoms with Gasteiger partial charge in [0.2, 0.25) is 0 Å². The molecule has 0 aliphatic carbocycles. The molecule has 0 fully saturated rings. The van der Waals surface area contributed by atoms with Crippen molar-refractivity contribution >= 4 is 0 Å². The summed E-state index contributed by atoms with van der Waals surface area (Å²) in [5.41, 5.74) is 2.53. The Morgan fingerprint density at radius 1 is 1.26 bits per heavy atom. The number of aliphatic hydroxyl groups is 2. The first-order chi connectivity index (χ1) is 9.08. The van der Waals surface area contributed by atoms with E-state index in [9.17, 15) is 4.79 Å². The topological polar surface area (TPSA) is 96.1 Å². The van der Waals surface area contributed by atoms with Crippen molar-refractivity contribution in [1.82, 2.24) is 19.6 Å². The minimum Gasteiger partial charge on any atom is -0.394 e. The zero-order valence-corrected chi connectivity index (χ0v) is 11.1. The monoisotopic (exact) mass is 266 g/mol. The van der Waals surface area contributed by atoms with E-state index in [1.54, 1.807) is 11.6 Å². The maximum atomic E-state index is 12.3. The number of aromatic amines is 1. The second kappa shape index (κ2) is 5.41. The number of H-pyrrole nitrogens is 1. The molecule has 2 rings (SSSR count). The van der Waals surface area contributed by atoms with Gasteiger partial charge in [0.1, 0.15) is 0 Å². The van der Waals surface area contributed by atoms with Crippen LogP contribution in [0.5, 0.6) is 0 Å². The molecule has 3 N–H and O–H groups in total. The van der Waals surface area contributed by atoms with Crippen LogP contribution in [0.3, 0.4) is 0 Å². The van der Waals surface area contributed by atoms with Gasteiger partial charge in [-0.2, -0.15) is 5.10 Å². The van der Waals surface area contributed by atoms with Crippen LogP contribution in [0.1, 0.15) is 11.4 Å². The molecule has 0 aromatic carbocycles. The third-order valence-electron chi connectivity index (χ3n) is 2.93. The van der Waals surface area contributed by atoms with E-state index in [-0.39, 0.29) is 25.3 Å². The fraction of sp³-hybridized carbons (Fsp3) is 0.500. The fourth-order valence-electron chi connectivity index (χ4n) is 2.18. The van der Waals surface area contributed by atoms with Gasteiger partial charge in [0.05, 0.1) is 43.3 Å². The minimum atomic E-state index is -0.189. The van der Waals surface area contributed by atoms with Crippen LogP contribution in [-0.4, -0.2) is 43.0 Å². The van der Waals surface area contributed by atoms with Crippen molar-refractivity contribution < 1.29 is 10.2 Å².